The lowest BCUT2D eigenvalue weighted by molar-refractivity contribution is 0.274. The molecule has 0 aromatic heterocycles. The normalized spacial score (nSPS) is 32.7. The largest absolute Gasteiger partial charge is 0.0625 e. The molecule has 0 bridgehead atoms. The van der Waals surface area contributed by atoms with Crippen molar-refractivity contribution in [3.63, 3.8) is 0 Å². The van der Waals surface area contributed by atoms with Crippen LogP contribution in [0.15, 0.2) is 0 Å². The topological polar surface area (TPSA) is 0 Å². The van der Waals surface area contributed by atoms with Crippen molar-refractivity contribution in [1.82, 2.24) is 0 Å². The molecule has 0 aromatic rings. The fourth-order valence-electron chi connectivity index (χ4n) is 2.32. The molecule has 0 aliphatic heterocycles. The van der Waals surface area contributed by atoms with E-state index in [-0.39, 0.29) is 0 Å². The molecule has 0 amide bonds. The van der Waals surface area contributed by atoms with Gasteiger partial charge in [-0.3, -0.25) is 0 Å². The highest BCUT2D eigenvalue weighted by molar-refractivity contribution is 4.83. The molecule has 0 nitrogen and oxygen atoms in total. The van der Waals surface area contributed by atoms with Crippen LogP contribution in [0, 0.1) is 17.8 Å². The van der Waals surface area contributed by atoms with Crippen LogP contribution in [0.4, 0.5) is 0 Å². The van der Waals surface area contributed by atoms with Crippen molar-refractivity contribution in [2.75, 3.05) is 0 Å². The van der Waals surface area contributed by atoms with Gasteiger partial charge in [0.25, 0.3) is 0 Å². The molecular formula is C11H21. The molecular weight excluding hydrogens is 132 g/mol. The predicted molar refractivity (Wildman–Crippen MR) is 50.3 cm³/mol. The van der Waals surface area contributed by atoms with Crippen molar-refractivity contribution in [2.24, 2.45) is 11.8 Å². The van der Waals surface area contributed by atoms with E-state index in [0.717, 1.165) is 11.8 Å². The van der Waals surface area contributed by atoms with Gasteiger partial charge in [0.05, 0.1) is 0 Å². The minimum Gasteiger partial charge on any atom is -0.0625 e. The molecule has 2 unspecified atom stereocenters. The minimum atomic E-state index is 0.994. The van der Waals surface area contributed by atoms with Gasteiger partial charge < -0.3 is 0 Å². The Kier molecular flexibility index (Phi) is 3.42. The van der Waals surface area contributed by atoms with Crippen molar-refractivity contribution in [1.29, 1.82) is 0 Å². The minimum absolute atomic E-state index is 0.994. The van der Waals surface area contributed by atoms with Crippen LogP contribution in [0.3, 0.4) is 0 Å². The fourth-order valence-corrected chi connectivity index (χ4v) is 2.32. The SMILES string of the molecule is C[C](C)CC1CCCC(C)C1. The average molecular weight is 153 g/mol. The lowest BCUT2D eigenvalue weighted by Gasteiger charge is -2.27. The molecule has 11 heavy (non-hydrogen) atoms. The van der Waals surface area contributed by atoms with Crippen molar-refractivity contribution in [3.05, 3.63) is 5.92 Å². The molecule has 0 heterocycles. The molecule has 0 saturated heterocycles. The van der Waals surface area contributed by atoms with E-state index in [1.165, 1.54) is 32.1 Å². The van der Waals surface area contributed by atoms with E-state index in [1.807, 2.05) is 0 Å². The molecule has 1 rings (SSSR count). The van der Waals surface area contributed by atoms with Gasteiger partial charge in [-0.1, -0.05) is 40.0 Å². The van der Waals surface area contributed by atoms with Gasteiger partial charge in [-0.05, 0) is 30.6 Å². The Hall–Kier alpha value is 0. The number of hydrogen-bond donors (Lipinski definition) is 0. The Morgan fingerprint density at radius 2 is 2.00 bits per heavy atom. The van der Waals surface area contributed by atoms with E-state index in [1.54, 1.807) is 5.92 Å². The quantitative estimate of drug-likeness (QED) is 0.566. The van der Waals surface area contributed by atoms with Crippen LogP contribution in [0.25, 0.3) is 0 Å². The highest BCUT2D eigenvalue weighted by Crippen LogP contribution is 2.32. The molecule has 1 aliphatic carbocycles. The zero-order chi connectivity index (χ0) is 8.27. The summed E-state index contributed by atoms with van der Waals surface area (Å²) in [4.78, 5) is 0. The average Bonchev–Trinajstić information content (AvgIpc) is 1.85. The van der Waals surface area contributed by atoms with Gasteiger partial charge in [0.2, 0.25) is 0 Å². The maximum atomic E-state index is 2.40. The first kappa shape index (κ1) is 9.09. The second-order valence-corrected chi connectivity index (χ2v) is 4.55. The van der Waals surface area contributed by atoms with Gasteiger partial charge in [0.15, 0.2) is 0 Å². The summed E-state index contributed by atoms with van der Waals surface area (Å²) >= 11 is 0. The molecule has 0 N–H and O–H groups in total. The summed E-state index contributed by atoms with van der Waals surface area (Å²) in [5.41, 5.74) is 0. The zero-order valence-electron chi connectivity index (χ0n) is 8.19. The molecule has 1 aliphatic rings. The first-order valence-corrected chi connectivity index (χ1v) is 4.97. The summed E-state index contributed by atoms with van der Waals surface area (Å²) in [6.07, 6.45) is 7.28. The molecule has 1 radical (unpaired) electrons. The smallest absolute Gasteiger partial charge is 0.0300 e. The Labute approximate surface area is 71.4 Å². The Morgan fingerprint density at radius 3 is 2.55 bits per heavy atom. The lowest BCUT2D eigenvalue weighted by atomic mass is 9.79. The van der Waals surface area contributed by atoms with Gasteiger partial charge in [0.1, 0.15) is 0 Å². The first-order valence-electron chi connectivity index (χ1n) is 4.97. The van der Waals surface area contributed by atoms with Gasteiger partial charge in [-0.15, -0.1) is 0 Å². The summed E-state index contributed by atoms with van der Waals surface area (Å²) in [6.45, 7) is 6.93. The molecule has 2 atom stereocenters. The van der Waals surface area contributed by atoms with E-state index in [0.29, 0.717) is 0 Å². The zero-order valence-corrected chi connectivity index (χ0v) is 8.19. The summed E-state index contributed by atoms with van der Waals surface area (Å²) in [7, 11) is 0. The van der Waals surface area contributed by atoms with E-state index in [4.69, 9.17) is 0 Å². The van der Waals surface area contributed by atoms with Gasteiger partial charge >= 0.3 is 0 Å². The monoisotopic (exact) mass is 153 g/mol. The van der Waals surface area contributed by atoms with E-state index in [9.17, 15) is 0 Å². The fraction of sp³-hybridized carbons (Fsp3) is 0.909. The standard InChI is InChI=1S/C11H21/c1-9(2)7-11-6-4-5-10(3)8-11/h10-11H,4-8H2,1-3H3. The Morgan fingerprint density at radius 1 is 1.27 bits per heavy atom. The second kappa shape index (κ2) is 4.13. The van der Waals surface area contributed by atoms with E-state index < -0.39 is 0 Å². The van der Waals surface area contributed by atoms with Crippen LogP contribution in [0.1, 0.15) is 52.9 Å². The highest BCUT2D eigenvalue weighted by atomic mass is 14.2. The van der Waals surface area contributed by atoms with E-state index >= 15 is 0 Å². The first-order chi connectivity index (χ1) is 5.18. The molecule has 0 heteroatoms. The maximum Gasteiger partial charge on any atom is -0.0300 e. The van der Waals surface area contributed by atoms with Crippen LogP contribution in [0.2, 0.25) is 0 Å². The molecule has 0 spiro atoms. The number of rotatable bonds is 2. The highest BCUT2D eigenvalue weighted by Gasteiger charge is 2.19. The van der Waals surface area contributed by atoms with Gasteiger partial charge in [-0.25, -0.2) is 0 Å². The molecule has 0 aromatic carbocycles. The van der Waals surface area contributed by atoms with Crippen LogP contribution >= 0.6 is 0 Å². The van der Waals surface area contributed by atoms with Crippen LogP contribution in [-0.4, -0.2) is 0 Å². The van der Waals surface area contributed by atoms with Crippen molar-refractivity contribution in [2.45, 2.75) is 52.9 Å². The third kappa shape index (κ3) is 3.27. The number of hydrogen-bond acceptors (Lipinski definition) is 0. The van der Waals surface area contributed by atoms with Gasteiger partial charge in [-0.2, -0.15) is 0 Å². The van der Waals surface area contributed by atoms with Crippen LogP contribution in [-0.2, 0) is 0 Å². The Balaban J connectivity index is 2.23. The maximum absolute atomic E-state index is 2.40. The third-order valence-electron chi connectivity index (χ3n) is 2.74. The van der Waals surface area contributed by atoms with Crippen molar-refractivity contribution in [3.8, 4) is 0 Å². The molecule has 65 valence electrons. The van der Waals surface area contributed by atoms with E-state index in [2.05, 4.69) is 20.8 Å². The summed E-state index contributed by atoms with van der Waals surface area (Å²) in [6, 6.07) is 0. The molecule has 1 fully saturated rings. The van der Waals surface area contributed by atoms with Crippen LogP contribution in [0.5, 0.6) is 0 Å². The summed E-state index contributed by atoms with van der Waals surface area (Å²) < 4.78 is 0. The predicted octanol–water partition coefficient (Wildman–Crippen LogP) is 3.82. The summed E-state index contributed by atoms with van der Waals surface area (Å²) in [5, 5.41) is 0. The molecule has 1 saturated carbocycles. The van der Waals surface area contributed by atoms with Crippen molar-refractivity contribution >= 4 is 0 Å². The Bertz CT molecular complexity index is 103. The van der Waals surface area contributed by atoms with Gasteiger partial charge in [0, 0.05) is 0 Å². The van der Waals surface area contributed by atoms with Crippen LogP contribution < -0.4 is 0 Å². The van der Waals surface area contributed by atoms with Crippen molar-refractivity contribution < 1.29 is 0 Å². The summed E-state index contributed by atoms with van der Waals surface area (Å²) in [5.74, 6) is 3.63. The second-order valence-electron chi connectivity index (χ2n) is 4.55. The third-order valence-corrected chi connectivity index (χ3v) is 2.74. The lowest BCUT2D eigenvalue weighted by Crippen LogP contribution is -2.14.